The molecule has 2 unspecified atom stereocenters. The van der Waals surface area contributed by atoms with E-state index in [9.17, 15) is 29.4 Å². The minimum Gasteiger partial charge on any atom is -0.480 e. The summed E-state index contributed by atoms with van der Waals surface area (Å²) >= 11 is 0. The largest absolute Gasteiger partial charge is 0.480 e. The van der Waals surface area contributed by atoms with Gasteiger partial charge in [-0.1, -0.05) is 60.7 Å². The molecular weight excluding hydrogens is 464 g/mol. The van der Waals surface area contributed by atoms with Crippen molar-refractivity contribution >= 4 is 29.5 Å². The summed E-state index contributed by atoms with van der Waals surface area (Å²) in [4.78, 5) is 52.3. The van der Waals surface area contributed by atoms with Gasteiger partial charge in [0.15, 0.2) is 0 Å². The summed E-state index contributed by atoms with van der Waals surface area (Å²) < 4.78 is 5.06. The fourth-order valence-corrected chi connectivity index (χ4v) is 3.34. The monoisotopic (exact) mass is 496 g/mol. The summed E-state index contributed by atoms with van der Waals surface area (Å²) in [7, 11) is 0. The number of carboxylic acids is 2. The van der Waals surface area contributed by atoms with Gasteiger partial charge in [0.1, 0.15) is 23.5 Å². The molecule has 9 nitrogen and oxygen atoms in total. The Morgan fingerprint density at radius 2 is 1.33 bits per heavy atom. The number of carbonyl (C=O) groups excluding carboxylic acids is 2. The molecule has 0 aromatic heterocycles. The molecule has 192 valence electrons. The van der Waals surface area contributed by atoms with Crippen LogP contribution in [0.2, 0.25) is 0 Å². The second kappa shape index (κ2) is 13.2. The lowest BCUT2D eigenvalue weighted by Crippen LogP contribution is -2.43. The van der Waals surface area contributed by atoms with Gasteiger partial charge in [0.25, 0.3) is 0 Å². The van der Waals surface area contributed by atoms with Crippen LogP contribution in [0, 0.1) is 0 Å². The molecule has 0 saturated carbocycles. The molecule has 2 atom stereocenters. The van der Waals surface area contributed by atoms with Gasteiger partial charge >= 0.3 is 18.0 Å². The highest BCUT2D eigenvalue weighted by atomic mass is 16.6. The Balaban J connectivity index is 2.06. The van der Waals surface area contributed by atoms with Gasteiger partial charge < -0.3 is 20.3 Å². The van der Waals surface area contributed by atoms with E-state index in [4.69, 9.17) is 4.74 Å². The molecule has 0 saturated heterocycles. The number of rotatable bonds is 12. The van der Waals surface area contributed by atoms with E-state index in [1.807, 2.05) is 60.7 Å². The summed E-state index contributed by atoms with van der Waals surface area (Å²) in [6.07, 6.45) is -1.33. The van der Waals surface area contributed by atoms with E-state index in [1.54, 1.807) is 20.8 Å². The molecule has 0 aliphatic rings. The molecule has 0 fully saturated rings. The van der Waals surface area contributed by atoms with Gasteiger partial charge in [-0.3, -0.25) is 9.79 Å². The van der Waals surface area contributed by atoms with Gasteiger partial charge in [-0.15, -0.1) is 0 Å². The zero-order valence-corrected chi connectivity index (χ0v) is 20.6. The summed E-state index contributed by atoms with van der Waals surface area (Å²) in [5, 5.41) is 21.4. The number of carboxylic acid groups (broad SMARTS) is 2. The number of alkyl carbamates (subject to hydrolysis) is 1. The number of ether oxygens (including phenoxy) is 1. The Morgan fingerprint density at radius 3 is 1.78 bits per heavy atom. The van der Waals surface area contributed by atoms with Crippen LogP contribution in [0.5, 0.6) is 0 Å². The molecule has 0 spiro atoms. The second-order valence-electron chi connectivity index (χ2n) is 9.22. The number of benzene rings is 2. The average Bonchev–Trinajstić information content (AvgIpc) is 2.81. The van der Waals surface area contributed by atoms with Crippen molar-refractivity contribution in [2.75, 3.05) is 0 Å². The summed E-state index contributed by atoms with van der Waals surface area (Å²) in [6, 6.07) is 15.9. The molecule has 36 heavy (non-hydrogen) atoms. The highest BCUT2D eigenvalue weighted by Crippen LogP contribution is 2.16. The predicted octanol–water partition coefficient (Wildman–Crippen LogP) is 4.08. The van der Waals surface area contributed by atoms with Crippen molar-refractivity contribution in [3.05, 3.63) is 71.8 Å². The normalized spacial score (nSPS) is 12.6. The maximum atomic E-state index is 12.5. The number of aliphatic imine (C=N–C) groups is 1. The lowest BCUT2D eigenvalue weighted by atomic mass is 10.0. The van der Waals surface area contributed by atoms with Crippen molar-refractivity contribution < 1.29 is 34.1 Å². The first-order valence-electron chi connectivity index (χ1n) is 11.6. The van der Waals surface area contributed by atoms with Gasteiger partial charge in [-0.25, -0.2) is 14.4 Å². The van der Waals surface area contributed by atoms with E-state index in [1.165, 1.54) is 0 Å². The van der Waals surface area contributed by atoms with Gasteiger partial charge in [-0.2, -0.15) is 0 Å². The molecule has 2 aromatic rings. The Kier molecular flexibility index (Phi) is 10.3. The standard InChI is InChI=1S/C27H32N2O7/c1-27(2,3)36-26(35)29-22(25(33)34)17-15-20(30)14-16-21(24(31)32)28-23(18-10-6-4-7-11-18)19-12-8-5-9-13-19/h4-13,21-22H,14-17H2,1-3H3,(H,29,35)(H,31,32)(H,33,34). The number of carbonyl (C=O) groups is 4. The van der Waals surface area contributed by atoms with Crippen molar-refractivity contribution in [3.8, 4) is 0 Å². The third-order valence-corrected chi connectivity index (χ3v) is 5.06. The maximum Gasteiger partial charge on any atom is 0.408 e. The fourth-order valence-electron chi connectivity index (χ4n) is 3.34. The lowest BCUT2D eigenvalue weighted by molar-refractivity contribution is -0.140. The maximum absolute atomic E-state index is 12.5. The van der Waals surface area contributed by atoms with Crippen LogP contribution in [0.15, 0.2) is 65.7 Å². The van der Waals surface area contributed by atoms with E-state index >= 15 is 0 Å². The number of amides is 1. The van der Waals surface area contributed by atoms with Crippen molar-refractivity contribution in [1.82, 2.24) is 5.32 Å². The molecule has 3 N–H and O–H groups in total. The third-order valence-electron chi connectivity index (χ3n) is 5.06. The topological polar surface area (TPSA) is 142 Å². The van der Waals surface area contributed by atoms with Gasteiger partial charge in [0.2, 0.25) is 0 Å². The van der Waals surface area contributed by atoms with Crippen molar-refractivity contribution in [2.24, 2.45) is 4.99 Å². The summed E-state index contributed by atoms with van der Waals surface area (Å²) in [5.74, 6) is -2.78. The van der Waals surface area contributed by atoms with Crippen LogP contribution in [-0.2, 0) is 19.1 Å². The number of ketones is 1. The first-order valence-corrected chi connectivity index (χ1v) is 11.6. The average molecular weight is 497 g/mol. The van der Waals surface area contributed by atoms with Crippen LogP contribution in [0.4, 0.5) is 4.79 Å². The molecule has 9 heteroatoms. The lowest BCUT2D eigenvalue weighted by Gasteiger charge is -2.21. The number of Topliss-reactive ketones (excluding diaryl/α,β-unsaturated/α-hetero) is 1. The molecule has 0 aliphatic carbocycles. The van der Waals surface area contributed by atoms with Crippen molar-refractivity contribution in [3.63, 3.8) is 0 Å². The van der Waals surface area contributed by atoms with Crippen LogP contribution in [0.1, 0.15) is 57.6 Å². The Labute approximate surface area is 210 Å². The Hall–Kier alpha value is -4.01. The van der Waals surface area contributed by atoms with Crippen molar-refractivity contribution in [2.45, 2.75) is 64.1 Å². The van der Waals surface area contributed by atoms with Gasteiger partial charge in [0, 0.05) is 24.0 Å². The van der Waals surface area contributed by atoms with Gasteiger partial charge in [-0.05, 0) is 33.6 Å². The number of nitrogens with one attached hydrogen (secondary N) is 1. The molecule has 2 aromatic carbocycles. The van der Waals surface area contributed by atoms with Gasteiger partial charge in [0.05, 0.1) is 5.71 Å². The number of aliphatic carboxylic acids is 2. The molecule has 1 amide bonds. The Morgan fingerprint density at radius 1 is 0.833 bits per heavy atom. The zero-order chi connectivity index (χ0) is 26.7. The molecule has 2 rings (SSSR count). The van der Waals surface area contributed by atoms with E-state index < -0.39 is 35.7 Å². The molecule has 0 heterocycles. The van der Waals surface area contributed by atoms with Crippen LogP contribution in [0.25, 0.3) is 0 Å². The molecule has 0 radical (unpaired) electrons. The number of nitrogens with zero attached hydrogens (tertiary/aromatic N) is 1. The smallest absolute Gasteiger partial charge is 0.408 e. The molecule has 0 aliphatic heterocycles. The number of hydrogen-bond donors (Lipinski definition) is 3. The fraction of sp³-hybridized carbons (Fsp3) is 0.370. The Bertz CT molecular complexity index is 1030. The summed E-state index contributed by atoms with van der Waals surface area (Å²) in [5.41, 5.74) is 1.20. The minimum absolute atomic E-state index is 0.0471. The van der Waals surface area contributed by atoms with Crippen molar-refractivity contribution in [1.29, 1.82) is 0 Å². The third kappa shape index (κ3) is 9.69. The highest BCUT2D eigenvalue weighted by molar-refractivity contribution is 6.13. The van der Waals surface area contributed by atoms with Crippen LogP contribution in [-0.4, -0.2) is 57.4 Å². The van der Waals surface area contributed by atoms with Crippen LogP contribution < -0.4 is 5.32 Å². The quantitative estimate of drug-likeness (QED) is 0.376. The van der Waals surface area contributed by atoms with E-state index in [0.717, 1.165) is 11.1 Å². The van der Waals surface area contributed by atoms with E-state index in [2.05, 4.69) is 10.3 Å². The first kappa shape index (κ1) is 28.2. The van der Waals surface area contributed by atoms with Crippen LogP contribution in [0.3, 0.4) is 0 Å². The second-order valence-corrected chi connectivity index (χ2v) is 9.22. The minimum atomic E-state index is -1.31. The highest BCUT2D eigenvalue weighted by Gasteiger charge is 2.25. The summed E-state index contributed by atoms with van der Waals surface area (Å²) in [6.45, 7) is 4.94. The molecule has 0 bridgehead atoms. The number of hydrogen-bond acceptors (Lipinski definition) is 6. The van der Waals surface area contributed by atoms with Crippen LogP contribution >= 0.6 is 0 Å². The predicted molar refractivity (Wildman–Crippen MR) is 134 cm³/mol. The molecular formula is C27H32N2O7. The van der Waals surface area contributed by atoms with E-state index in [-0.39, 0.29) is 31.5 Å². The first-order chi connectivity index (χ1) is 17.0. The van der Waals surface area contributed by atoms with E-state index in [0.29, 0.717) is 5.71 Å². The zero-order valence-electron chi connectivity index (χ0n) is 20.6. The SMILES string of the molecule is CC(C)(C)OC(=O)NC(CCC(=O)CCC(N=C(c1ccccc1)c1ccccc1)C(=O)O)C(=O)O.